The molecule has 0 radical (unpaired) electrons. The smallest absolute Gasteiger partial charge is 0.0920 e. The van der Waals surface area contributed by atoms with Gasteiger partial charge in [-0.2, -0.15) is 0 Å². The van der Waals surface area contributed by atoms with Crippen molar-refractivity contribution < 1.29 is 4.74 Å². The number of piperidine rings is 1. The normalized spacial score (nSPS) is 30.1. The predicted octanol–water partition coefficient (Wildman–Crippen LogP) is 1.20. The molecular formula is C11H23N3O. The van der Waals surface area contributed by atoms with Crippen LogP contribution in [0, 0.1) is 5.41 Å². The SMILES string of the molecule is COC1(C)CCCN(C(C)CC(=N)N)C1. The van der Waals surface area contributed by atoms with E-state index in [-0.39, 0.29) is 11.4 Å². The third-order valence-corrected chi connectivity index (χ3v) is 3.32. The van der Waals surface area contributed by atoms with Gasteiger partial charge in [0.2, 0.25) is 0 Å². The lowest BCUT2D eigenvalue weighted by molar-refractivity contribution is -0.0588. The Labute approximate surface area is 92.3 Å². The van der Waals surface area contributed by atoms with Crippen LogP contribution in [0.25, 0.3) is 0 Å². The van der Waals surface area contributed by atoms with Crippen LogP contribution in [0.2, 0.25) is 0 Å². The van der Waals surface area contributed by atoms with Crippen molar-refractivity contribution in [2.24, 2.45) is 5.73 Å². The van der Waals surface area contributed by atoms with E-state index in [9.17, 15) is 0 Å². The molecule has 0 saturated carbocycles. The molecule has 0 amide bonds. The zero-order chi connectivity index (χ0) is 11.5. The standard InChI is InChI=1S/C11H23N3O/c1-9(7-10(12)13)14-6-4-5-11(2,8-14)15-3/h9H,4-8H2,1-3H3,(H3,12,13). The molecule has 1 aliphatic heterocycles. The lowest BCUT2D eigenvalue weighted by Crippen LogP contribution is -2.51. The second-order valence-corrected chi connectivity index (χ2v) is 4.81. The first-order valence-corrected chi connectivity index (χ1v) is 5.59. The molecule has 4 heteroatoms. The van der Waals surface area contributed by atoms with E-state index >= 15 is 0 Å². The zero-order valence-electron chi connectivity index (χ0n) is 10.0. The summed E-state index contributed by atoms with van der Waals surface area (Å²) in [5, 5.41) is 7.31. The number of hydrogen-bond acceptors (Lipinski definition) is 3. The van der Waals surface area contributed by atoms with E-state index < -0.39 is 0 Å². The van der Waals surface area contributed by atoms with Crippen LogP contribution in [0.3, 0.4) is 0 Å². The average Bonchev–Trinajstić information content (AvgIpc) is 2.17. The van der Waals surface area contributed by atoms with Gasteiger partial charge in [-0.05, 0) is 33.2 Å². The summed E-state index contributed by atoms with van der Waals surface area (Å²) in [7, 11) is 1.78. The van der Waals surface area contributed by atoms with Gasteiger partial charge < -0.3 is 10.5 Å². The summed E-state index contributed by atoms with van der Waals surface area (Å²) >= 11 is 0. The summed E-state index contributed by atoms with van der Waals surface area (Å²) in [5.41, 5.74) is 5.40. The van der Waals surface area contributed by atoms with Gasteiger partial charge in [0.25, 0.3) is 0 Å². The molecule has 2 unspecified atom stereocenters. The number of nitrogens with zero attached hydrogens (tertiary/aromatic N) is 1. The molecule has 1 heterocycles. The minimum absolute atomic E-state index is 0.0245. The third-order valence-electron chi connectivity index (χ3n) is 3.32. The van der Waals surface area contributed by atoms with Crippen LogP contribution in [-0.4, -0.2) is 42.6 Å². The van der Waals surface area contributed by atoms with Crippen LogP contribution in [0.4, 0.5) is 0 Å². The Bertz CT molecular complexity index is 232. The molecular weight excluding hydrogens is 190 g/mol. The van der Waals surface area contributed by atoms with Gasteiger partial charge in [-0.25, -0.2) is 0 Å². The fraction of sp³-hybridized carbons (Fsp3) is 0.909. The molecule has 2 atom stereocenters. The third kappa shape index (κ3) is 3.47. The molecule has 0 bridgehead atoms. The minimum atomic E-state index is -0.0245. The monoisotopic (exact) mass is 213 g/mol. The highest BCUT2D eigenvalue weighted by molar-refractivity contribution is 5.77. The van der Waals surface area contributed by atoms with Gasteiger partial charge in [0.15, 0.2) is 0 Å². The molecule has 88 valence electrons. The fourth-order valence-electron chi connectivity index (χ4n) is 2.23. The topological polar surface area (TPSA) is 62.3 Å². The molecule has 0 aromatic rings. The molecule has 0 aliphatic carbocycles. The van der Waals surface area contributed by atoms with Crippen molar-refractivity contribution in [1.82, 2.24) is 4.90 Å². The van der Waals surface area contributed by atoms with Crippen LogP contribution in [0.1, 0.15) is 33.1 Å². The molecule has 0 spiro atoms. The Kier molecular flexibility index (Phi) is 4.11. The minimum Gasteiger partial charge on any atom is -0.388 e. The summed E-state index contributed by atoms with van der Waals surface area (Å²) in [4.78, 5) is 2.37. The largest absolute Gasteiger partial charge is 0.388 e. The van der Waals surface area contributed by atoms with Crippen molar-refractivity contribution in [3.8, 4) is 0 Å². The van der Waals surface area contributed by atoms with E-state index in [2.05, 4.69) is 18.7 Å². The molecule has 1 saturated heterocycles. The van der Waals surface area contributed by atoms with Gasteiger partial charge in [0, 0.05) is 26.1 Å². The maximum Gasteiger partial charge on any atom is 0.0920 e. The molecule has 4 nitrogen and oxygen atoms in total. The van der Waals surface area contributed by atoms with Crippen molar-refractivity contribution >= 4 is 5.84 Å². The second kappa shape index (κ2) is 4.94. The van der Waals surface area contributed by atoms with Crippen molar-refractivity contribution in [2.45, 2.75) is 44.8 Å². The van der Waals surface area contributed by atoms with Crippen LogP contribution in [-0.2, 0) is 4.74 Å². The Morgan fingerprint density at radius 1 is 1.67 bits per heavy atom. The number of nitrogens with two attached hydrogens (primary N) is 1. The number of nitrogens with one attached hydrogen (secondary N) is 1. The van der Waals surface area contributed by atoms with E-state index in [1.54, 1.807) is 7.11 Å². The quantitative estimate of drug-likeness (QED) is 0.545. The van der Waals surface area contributed by atoms with Gasteiger partial charge in [0.1, 0.15) is 0 Å². The Morgan fingerprint density at radius 3 is 2.87 bits per heavy atom. The lowest BCUT2D eigenvalue weighted by atomic mass is 9.93. The van der Waals surface area contributed by atoms with Crippen molar-refractivity contribution in [3.63, 3.8) is 0 Å². The summed E-state index contributed by atoms with van der Waals surface area (Å²) in [5.74, 6) is 0.271. The first kappa shape index (κ1) is 12.5. The van der Waals surface area contributed by atoms with Crippen molar-refractivity contribution in [1.29, 1.82) is 5.41 Å². The molecule has 0 aromatic heterocycles. The highest BCUT2D eigenvalue weighted by Crippen LogP contribution is 2.25. The molecule has 15 heavy (non-hydrogen) atoms. The van der Waals surface area contributed by atoms with Crippen molar-refractivity contribution in [3.05, 3.63) is 0 Å². The van der Waals surface area contributed by atoms with Crippen LogP contribution in [0.5, 0.6) is 0 Å². The Morgan fingerprint density at radius 2 is 2.33 bits per heavy atom. The summed E-state index contributed by atoms with van der Waals surface area (Å²) in [6.07, 6.45) is 2.93. The van der Waals surface area contributed by atoms with E-state index in [4.69, 9.17) is 15.9 Å². The summed E-state index contributed by atoms with van der Waals surface area (Å²) in [6, 6.07) is 0.345. The number of hydrogen-bond donors (Lipinski definition) is 2. The van der Waals surface area contributed by atoms with Gasteiger partial charge in [-0.1, -0.05) is 0 Å². The maximum absolute atomic E-state index is 7.31. The maximum atomic E-state index is 7.31. The number of amidine groups is 1. The average molecular weight is 213 g/mol. The first-order chi connectivity index (χ1) is 6.97. The van der Waals surface area contributed by atoms with E-state index in [0.717, 1.165) is 25.9 Å². The van der Waals surface area contributed by atoms with Gasteiger partial charge in [-0.15, -0.1) is 0 Å². The molecule has 1 aliphatic rings. The van der Waals surface area contributed by atoms with Crippen LogP contribution >= 0.6 is 0 Å². The Hall–Kier alpha value is -0.610. The fourth-order valence-corrected chi connectivity index (χ4v) is 2.23. The zero-order valence-corrected chi connectivity index (χ0v) is 10.0. The van der Waals surface area contributed by atoms with Gasteiger partial charge in [0.05, 0.1) is 11.4 Å². The first-order valence-electron chi connectivity index (χ1n) is 5.59. The van der Waals surface area contributed by atoms with Gasteiger partial charge >= 0.3 is 0 Å². The molecule has 1 rings (SSSR count). The number of methoxy groups -OCH3 is 1. The van der Waals surface area contributed by atoms with E-state index in [0.29, 0.717) is 12.5 Å². The second-order valence-electron chi connectivity index (χ2n) is 4.81. The van der Waals surface area contributed by atoms with E-state index in [1.165, 1.54) is 0 Å². The molecule has 0 aromatic carbocycles. The number of ether oxygens (including phenoxy) is 1. The van der Waals surface area contributed by atoms with E-state index in [1.807, 2.05) is 0 Å². The lowest BCUT2D eigenvalue weighted by Gasteiger charge is -2.42. The highest BCUT2D eigenvalue weighted by Gasteiger charge is 2.32. The van der Waals surface area contributed by atoms with Gasteiger partial charge in [-0.3, -0.25) is 10.3 Å². The molecule has 1 fully saturated rings. The number of likely N-dealkylation sites (tertiary alicyclic amines) is 1. The Balaban J connectivity index is 2.52. The number of rotatable bonds is 4. The van der Waals surface area contributed by atoms with Crippen molar-refractivity contribution in [2.75, 3.05) is 20.2 Å². The summed E-state index contributed by atoms with van der Waals surface area (Å²) < 4.78 is 5.54. The predicted molar refractivity (Wildman–Crippen MR) is 62.2 cm³/mol. The molecule has 3 N–H and O–H groups in total. The summed E-state index contributed by atoms with van der Waals surface area (Å²) in [6.45, 7) is 6.31. The van der Waals surface area contributed by atoms with Crippen LogP contribution in [0.15, 0.2) is 0 Å². The highest BCUT2D eigenvalue weighted by atomic mass is 16.5. The van der Waals surface area contributed by atoms with Crippen LogP contribution < -0.4 is 5.73 Å².